The van der Waals surface area contributed by atoms with Crippen LogP contribution in [0, 0.1) is 18.8 Å². The third-order valence-electron chi connectivity index (χ3n) is 2.50. The number of nitrogens with zero attached hydrogens (tertiary/aromatic N) is 1. The second-order valence-corrected chi connectivity index (χ2v) is 4.32. The van der Waals surface area contributed by atoms with E-state index in [9.17, 15) is 13.6 Å². The van der Waals surface area contributed by atoms with E-state index in [0.717, 1.165) is 12.1 Å². The highest BCUT2D eigenvalue weighted by Crippen LogP contribution is 2.18. The molecule has 0 saturated heterocycles. The van der Waals surface area contributed by atoms with Crippen LogP contribution in [0.5, 0.6) is 0 Å². The number of halogens is 3. The van der Waals surface area contributed by atoms with E-state index in [0.29, 0.717) is 16.1 Å². The fourth-order valence-corrected chi connectivity index (χ4v) is 1.80. The molecule has 3 nitrogen and oxygen atoms in total. The Balaban J connectivity index is 2.25. The lowest BCUT2D eigenvalue weighted by Crippen LogP contribution is -2.15. The zero-order chi connectivity index (χ0) is 14.0. The zero-order valence-electron chi connectivity index (χ0n) is 9.88. The van der Waals surface area contributed by atoms with Crippen LogP contribution in [0.1, 0.15) is 15.9 Å². The van der Waals surface area contributed by atoms with E-state index in [-0.39, 0.29) is 5.69 Å². The summed E-state index contributed by atoms with van der Waals surface area (Å²) in [5.74, 6) is -2.53. The summed E-state index contributed by atoms with van der Waals surface area (Å²) in [5.41, 5.74) is 0.828. The quantitative estimate of drug-likeness (QED) is 0.856. The van der Waals surface area contributed by atoms with Crippen molar-refractivity contribution in [2.45, 2.75) is 6.92 Å². The molecule has 1 amide bonds. The van der Waals surface area contributed by atoms with E-state index in [4.69, 9.17) is 11.6 Å². The number of carbonyl (C=O) groups excluding carboxylic acids is 1. The van der Waals surface area contributed by atoms with Crippen molar-refractivity contribution in [2.75, 3.05) is 5.32 Å². The van der Waals surface area contributed by atoms with Crippen molar-refractivity contribution in [3.05, 3.63) is 58.4 Å². The van der Waals surface area contributed by atoms with Crippen molar-refractivity contribution < 1.29 is 13.6 Å². The van der Waals surface area contributed by atoms with Crippen LogP contribution < -0.4 is 5.32 Å². The van der Waals surface area contributed by atoms with E-state index in [1.165, 1.54) is 6.07 Å². The number of aryl methyl sites for hydroxylation is 1. The Morgan fingerprint density at radius 2 is 2.00 bits per heavy atom. The Morgan fingerprint density at radius 3 is 2.63 bits per heavy atom. The molecule has 0 fully saturated rings. The molecule has 2 aromatic rings. The first-order valence-electron chi connectivity index (χ1n) is 5.37. The van der Waals surface area contributed by atoms with Crippen molar-refractivity contribution >= 4 is 23.2 Å². The minimum absolute atomic E-state index is 0.180. The Bertz CT molecular complexity index is 647. The number of aromatic nitrogens is 1. The van der Waals surface area contributed by atoms with Crippen LogP contribution in [0.25, 0.3) is 0 Å². The summed E-state index contributed by atoms with van der Waals surface area (Å²) in [6.45, 7) is 1.71. The first kappa shape index (κ1) is 13.4. The molecule has 2 rings (SSSR count). The molecule has 0 spiro atoms. The maximum absolute atomic E-state index is 13.3. The van der Waals surface area contributed by atoms with Gasteiger partial charge in [-0.25, -0.2) is 0 Å². The number of hydrogen-bond donors (Lipinski definition) is 1. The summed E-state index contributed by atoms with van der Waals surface area (Å²) in [4.78, 5) is 14.9. The smallest absolute Gasteiger partial charge is 0.256 e. The lowest BCUT2D eigenvalue weighted by molar-refractivity contribution is 0.102. The SMILES string of the molecule is Cc1cc(Cl)ccc1C(=O)Nc1ccc(F)nc1F. The van der Waals surface area contributed by atoms with Crippen molar-refractivity contribution in [2.24, 2.45) is 0 Å². The molecule has 0 aliphatic carbocycles. The number of hydrogen-bond acceptors (Lipinski definition) is 2. The molecule has 0 bridgehead atoms. The number of carbonyl (C=O) groups is 1. The summed E-state index contributed by atoms with van der Waals surface area (Å²) in [5, 5.41) is 2.83. The van der Waals surface area contributed by atoms with E-state index in [1.807, 2.05) is 0 Å². The molecule has 1 heterocycles. The van der Waals surface area contributed by atoms with Crippen molar-refractivity contribution in [3.63, 3.8) is 0 Å². The standard InChI is InChI=1S/C13H9ClF2N2O/c1-7-6-8(14)2-3-9(7)13(19)17-10-4-5-11(15)18-12(10)16/h2-6H,1H3,(H,17,19). The third-order valence-corrected chi connectivity index (χ3v) is 2.73. The summed E-state index contributed by atoms with van der Waals surface area (Å²) < 4.78 is 25.9. The van der Waals surface area contributed by atoms with Gasteiger partial charge in [0.05, 0.1) is 5.69 Å². The van der Waals surface area contributed by atoms with E-state index >= 15 is 0 Å². The molecule has 0 saturated carbocycles. The van der Waals surface area contributed by atoms with Crippen LogP contribution in [0.3, 0.4) is 0 Å². The molecule has 1 aromatic heterocycles. The number of nitrogens with one attached hydrogen (secondary N) is 1. The Morgan fingerprint density at radius 1 is 1.26 bits per heavy atom. The summed E-state index contributed by atoms with van der Waals surface area (Å²) >= 11 is 5.78. The molecular formula is C13H9ClF2N2O. The summed E-state index contributed by atoms with van der Waals surface area (Å²) in [6, 6.07) is 6.79. The van der Waals surface area contributed by atoms with Crippen LogP contribution in [0.4, 0.5) is 14.5 Å². The predicted octanol–water partition coefficient (Wildman–Crippen LogP) is 3.57. The molecule has 98 valence electrons. The van der Waals surface area contributed by atoms with Gasteiger partial charge in [0.25, 0.3) is 5.91 Å². The van der Waals surface area contributed by atoms with Crippen LogP contribution in [-0.4, -0.2) is 10.9 Å². The first-order chi connectivity index (χ1) is 8.97. The number of rotatable bonds is 2. The molecule has 6 heteroatoms. The van der Waals surface area contributed by atoms with E-state index < -0.39 is 17.8 Å². The maximum Gasteiger partial charge on any atom is 0.256 e. The molecule has 0 aliphatic rings. The van der Waals surface area contributed by atoms with Gasteiger partial charge >= 0.3 is 0 Å². The van der Waals surface area contributed by atoms with Gasteiger partial charge in [-0.15, -0.1) is 0 Å². The van der Waals surface area contributed by atoms with Gasteiger partial charge in [-0.3, -0.25) is 4.79 Å². The average Bonchev–Trinajstić information content (AvgIpc) is 2.32. The highest BCUT2D eigenvalue weighted by molar-refractivity contribution is 6.30. The number of anilines is 1. The van der Waals surface area contributed by atoms with E-state index in [2.05, 4.69) is 10.3 Å². The Hall–Kier alpha value is -2.01. The number of benzene rings is 1. The fraction of sp³-hybridized carbons (Fsp3) is 0.0769. The molecule has 19 heavy (non-hydrogen) atoms. The van der Waals surface area contributed by atoms with Crippen LogP contribution in [0.2, 0.25) is 5.02 Å². The average molecular weight is 283 g/mol. The minimum atomic E-state index is -1.07. The maximum atomic E-state index is 13.3. The van der Waals surface area contributed by atoms with Crippen LogP contribution in [0.15, 0.2) is 30.3 Å². The predicted molar refractivity (Wildman–Crippen MR) is 68.3 cm³/mol. The molecule has 1 N–H and O–H groups in total. The van der Waals surface area contributed by atoms with Gasteiger partial charge in [-0.05, 0) is 42.8 Å². The molecule has 1 aromatic carbocycles. The van der Waals surface area contributed by atoms with Crippen LogP contribution >= 0.6 is 11.6 Å². The normalized spacial score (nSPS) is 10.3. The van der Waals surface area contributed by atoms with Gasteiger partial charge in [0.1, 0.15) is 0 Å². The van der Waals surface area contributed by atoms with Gasteiger partial charge in [0, 0.05) is 10.6 Å². The highest BCUT2D eigenvalue weighted by Gasteiger charge is 2.13. The monoisotopic (exact) mass is 282 g/mol. The molecule has 0 radical (unpaired) electrons. The Kier molecular flexibility index (Phi) is 3.76. The fourth-order valence-electron chi connectivity index (χ4n) is 1.58. The first-order valence-corrected chi connectivity index (χ1v) is 5.74. The molecule has 0 aliphatic heterocycles. The zero-order valence-corrected chi connectivity index (χ0v) is 10.6. The van der Waals surface area contributed by atoms with Crippen LogP contribution in [-0.2, 0) is 0 Å². The van der Waals surface area contributed by atoms with Crippen molar-refractivity contribution in [3.8, 4) is 0 Å². The summed E-state index contributed by atoms with van der Waals surface area (Å²) in [7, 11) is 0. The third kappa shape index (κ3) is 3.06. The van der Waals surface area contributed by atoms with E-state index in [1.54, 1.807) is 19.1 Å². The lowest BCUT2D eigenvalue weighted by Gasteiger charge is -2.08. The lowest BCUT2D eigenvalue weighted by atomic mass is 10.1. The largest absolute Gasteiger partial charge is 0.318 e. The molecular weight excluding hydrogens is 274 g/mol. The number of pyridine rings is 1. The van der Waals surface area contributed by atoms with Gasteiger partial charge in [-0.1, -0.05) is 11.6 Å². The topological polar surface area (TPSA) is 42.0 Å². The van der Waals surface area contributed by atoms with Gasteiger partial charge in [-0.2, -0.15) is 13.8 Å². The van der Waals surface area contributed by atoms with Gasteiger partial charge < -0.3 is 5.32 Å². The second kappa shape index (κ2) is 5.32. The van der Waals surface area contributed by atoms with Gasteiger partial charge in [0.2, 0.25) is 11.9 Å². The van der Waals surface area contributed by atoms with Gasteiger partial charge in [0.15, 0.2) is 0 Å². The Labute approximate surface area is 113 Å². The molecule has 0 atom stereocenters. The second-order valence-electron chi connectivity index (χ2n) is 3.89. The van der Waals surface area contributed by atoms with Crippen molar-refractivity contribution in [1.29, 1.82) is 0 Å². The highest BCUT2D eigenvalue weighted by atomic mass is 35.5. The number of amides is 1. The molecule has 0 unspecified atom stereocenters. The minimum Gasteiger partial charge on any atom is -0.318 e. The summed E-state index contributed by atoms with van der Waals surface area (Å²) in [6.07, 6.45) is 0. The van der Waals surface area contributed by atoms with Crippen molar-refractivity contribution in [1.82, 2.24) is 4.98 Å².